The SMILES string of the molecule is CCCC1CCCCN1S(=O)(=O)c1cccnc1Cl. The first-order chi connectivity index (χ1) is 9.07. The molecule has 0 N–H and O–H groups in total. The Hall–Kier alpha value is -0.650. The third-order valence-electron chi connectivity index (χ3n) is 3.51. The smallest absolute Gasteiger partial charge is 0.243 e. The Morgan fingerprint density at radius 2 is 2.26 bits per heavy atom. The summed E-state index contributed by atoms with van der Waals surface area (Å²) in [6.07, 6.45) is 6.33. The fourth-order valence-electron chi connectivity index (χ4n) is 2.60. The summed E-state index contributed by atoms with van der Waals surface area (Å²) in [5.41, 5.74) is 0. The number of pyridine rings is 1. The van der Waals surface area contributed by atoms with Crippen LogP contribution in [0, 0.1) is 0 Å². The van der Waals surface area contributed by atoms with Crippen molar-refractivity contribution in [2.24, 2.45) is 0 Å². The van der Waals surface area contributed by atoms with Gasteiger partial charge in [0.15, 0.2) is 0 Å². The maximum Gasteiger partial charge on any atom is 0.246 e. The highest BCUT2D eigenvalue weighted by atomic mass is 35.5. The molecule has 2 heterocycles. The molecule has 0 radical (unpaired) electrons. The summed E-state index contributed by atoms with van der Waals surface area (Å²) in [6, 6.07) is 3.24. The van der Waals surface area contributed by atoms with Crippen molar-refractivity contribution in [3.63, 3.8) is 0 Å². The lowest BCUT2D eigenvalue weighted by molar-refractivity contribution is 0.239. The van der Waals surface area contributed by atoms with Gasteiger partial charge in [0.1, 0.15) is 10.0 Å². The second-order valence-corrected chi connectivity index (χ2v) is 7.06. The molecule has 4 nitrogen and oxygen atoms in total. The molecule has 1 fully saturated rings. The van der Waals surface area contributed by atoms with Crippen LogP contribution in [-0.2, 0) is 10.0 Å². The minimum absolute atomic E-state index is 0.0586. The third-order valence-corrected chi connectivity index (χ3v) is 5.90. The number of hydrogen-bond donors (Lipinski definition) is 0. The Labute approximate surface area is 119 Å². The number of sulfonamides is 1. The summed E-state index contributed by atoms with van der Waals surface area (Å²) in [5, 5.41) is 0.0586. The zero-order chi connectivity index (χ0) is 13.9. The normalized spacial score (nSPS) is 21.5. The highest BCUT2D eigenvalue weighted by molar-refractivity contribution is 7.89. The highest BCUT2D eigenvalue weighted by Crippen LogP contribution is 2.29. The van der Waals surface area contributed by atoms with Crippen LogP contribution in [0.25, 0.3) is 0 Å². The van der Waals surface area contributed by atoms with Gasteiger partial charge in [-0.1, -0.05) is 31.4 Å². The predicted octanol–water partition coefficient (Wildman–Crippen LogP) is 3.08. The number of rotatable bonds is 4. The number of nitrogens with zero attached hydrogens (tertiary/aromatic N) is 2. The first-order valence-corrected chi connectivity index (χ1v) is 8.51. The van der Waals surface area contributed by atoms with Crippen LogP contribution in [0.15, 0.2) is 23.2 Å². The zero-order valence-electron chi connectivity index (χ0n) is 11.0. The molecule has 1 aliphatic heterocycles. The Balaban J connectivity index is 2.35. The van der Waals surface area contributed by atoms with E-state index in [2.05, 4.69) is 11.9 Å². The summed E-state index contributed by atoms with van der Waals surface area (Å²) in [4.78, 5) is 4.00. The van der Waals surface area contributed by atoms with Gasteiger partial charge in [-0.25, -0.2) is 13.4 Å². The standard InChI is InChI=1S/C13H19ClN2O2S/c1-2-6-11-7-3-4-10-16(11)19(17,18)12-8-5-9-15-13(12)14/h5,8-9,11H,2-4,6-7,10H2,1H3. The van der Waals surface area contributed by atoms with Gasteiger partial charge in [0.2, 0.25) is 10.0 Å². The molecular weight excluding hydrogens is 284 g/mol. The minimum Gasteiger partial charge on any atom is -0.243 e. The van der Waals surface area contributed by atoms with Crippen LogP contribution in [0.1, 0.15) is 39.0 Å². The first kappa shape index (κ1) is 14.8. The average molecular weight is 303 g/mol. The first-order valence-electron chi connectivity index (χ1n) is 6.69. The fourth-order valence-corrected chi connectivity index (χ4v) is 4.76. The van der Waals surface area contributed by atoms with Crippen LogP contribution in [0.5, 0.6) is 0 Å². The molecule has 1 aromatic rings. The molecule has 1 saturated heterocycles. The third kappa shape index (κ3) is 3.09. The number of hydrogen-bond acceptors (Lipinski definition) is 3. The van der Waals surface area contributed by atoms with Crippen LogP contribution >= 0.6 is 11.6 Å². The van der Waals surface area contributed by atoms with Crippen LogP contribution in [0.4, 0.5) is 0 Å². The van der Waals surface area contributed by atoms with Gasteiger partial charge in [0, 0.05) is 18.8 Å². The van der Waals surface area contributed by atoms with Gasteiger partial charge < -0.3 is 0 Å². The van der Waals surface area contributed by atoms with Gasteiger partial charge in [0.05, 0.1) is 0 Å². The van der Waals surface area contributed by atoms with Crippen molar-refractivity contribution in [1.29, 1.82) is 0 Å². The Kier molecular flexibility index (Phi) is 4.81. The molecule has 1 aromatic heterocycles. The van der Waals surface area contributed by atoms with Gasteiger partial charge in [-0.15, -0.1) is 0 Å². The van der Waals surface area contributed by atoms with E-state index in [1.165, 1.54) is 12.3 Å². The molecule has 0 bridgehead atoms. The Morgan fingerprint density at radius 1 is 1.47 bits per heavy atom. The number of halogens is 1. The van der Waals surface area contributed by atoms with Crippen LogP contribution in [0.2, 0.25) is 5.15 Å². The minimum atomic E-state index is -3.53. The van der Waals surface area contributed by atoms with E-state index >= 15 is 0 Å². The Bertz CT molecular complexity index is 531. The summed E-state index contributed by atoms with van der Waals surface area (Å²) in [5.74, 6) is 0. The lowest BCUT2D eigenvalue weighted by atomic mass is 10.0. The van der Waals surface area contributed by atoms with E-state index in [9.17, 15) is 8.42 Å². The van der Waals surface area contributed by atoms with Crippen molar-refractivity contribution in [2.45, 2.75) is 50.0 Å². The quantitative estimate of drug-likeness (QED) is 0.803. The largest absolute Gasteiger partial charge is 0.246 e. The summed E-state index contributed by atoms with van der Waals surface area (Å²) in [6.45, 7) is 2.66. The summed E-state index contributed by atoms with van der Waals surface area (Å²) >= 11 is 5.94. The molecule has 0 aromatic carbocycles. The molecule has 1 unspecified atom stereocenters. The molecule has 2 rings (SSSR count). The van der Waals surface area contributed by atoms with Crippen molar-refractivity contribution in [2.75, 3.05) is 6.54 Å². The fraction of sp³-hybridized carbons (Fsp3) is 0.615. The van der Waals surface area contributed by atoms with E-state index in [0.29, 0.717) is 6.54 Å². The van der Waals surface area contributed by atoms with Crippen LogP contribution in [-0.4, -0.2) is 30.3 Å². The van der Waals surface area contributed by atoms with E-state index in [-0.39, 0.29) is 16.1 Å². The molecule has 1 atom stereocenters. The van der Waals surface area contributed by atoms with Crippen molar-refractivity contribution in [1.82, 2.24) is 9.29 Å². The maximum atomic E-state index is 12.7. The van der Waals surface area contributed by atoms with Gasteiger partial charge in [-0.05, 0) is 31.4 Å². The topological polar surface area (TPSA) is 50.3 Å². The van der Waals surface area contributed by atoms with Gasteiger partial charge in [0.25, 0.3) is 0 Å². The van der Waals surface area contributed by atoms with E-state index in [1.807, 2.05) is 0 Å². The van der Waals surface area contributed by atoms with Crippen molar-refractivity contribution in [3.05, 3.63) is 23.5 Å². The molecule has 1 aliphatic rings. The number of piperidine rings is 1. The van der Waals surface area contributed by atoms with Crippen molar-refractivity contribution in [3.8, 4) is 0 Å². The highest BCUT2D eigenvalue weighted by Gasteiger charge is 2.34. The molecular formula is C13H19ClN2O2S. The van der Waals surface area contributed by atoms with E-state index in [1.54, 1.807) is 10.4 Å². The maximum absolute atomic E-state index is 12.7. The van der Waals surface area contributed by atoms with Gasteiger partial charge >= 0.3 is 0 Å². The molecule has 6 heteroatoms. The lowest BCUT2D eigenvalue weighted by Gasteiger charge is -2.34. The van der Waals surface area contributed by atoms with Crippen molar-refractivity contribution < 1.29 is 8.42 Å². The average Bonchev–Trinajstić information content (AvgIpc) is 2.40. The van der Waals surface area contributed by atoms with Crippen LogP contribution < -0.4 is 0 Å². The molecule has 0 spiro atoms. The molecule has 106 valence electrons. The lowest BCUT2D eigenvalue weighted by Crippen LogP contribution is -2.43. The van der Waals surface area contributed by atoms with E-state index in [0.717, 1.165) is 32.1 Å². The predicted molar refractivity (Wildman–Crippen MR) is 75.7 cm³/mol. The van der Waals surface area contributed by atoms with Gasteiger partial charge in [-0.3, -0.25) is 0 Å². The summed E-state index contributed by atoms with van der Waals surface area (Å²) in [7, 11) is -3.53. The van der Waals surface area contributed by atoms with Crippen LogP contribution in [0.3, 0.4) is 0 Å². The molecule has 0 saturated carbocycles. The zero-order valence-corrected chi connectivity index (χ0v) is 12.6. The number of aromatic nitrogens is 1. The second-order valence-electron chi connectivity index (χ2n) is 4.85. The molecule has 0 amide bonds. The monoisotopic (exact) mass is 302 g/mol. The van der Waals surface area contributed by atoms with Gasteiger partial charge in [-0.2, -0.15) is 4.31 Å². The molecule has 0 aliphatic carbocycles. The second kappa shape index (κ2) is 6.20. The van der Waals surface area contributed by atoms with Crippen molar-refractivity contribution >= 4 is 21.6 Å². The molecule has 19 heavy (non-hydrogen) atoms. The van der Waals surface area contributed by atoms with E-state index in [4.69, 9.17) is 11.6 Å². The summed E-state index contributed by atoms with van der Waals surface area (Å²) < 4.78 is 27.0. The van der Waals surface area contributed by atoms with E-state index < -0.39 is 10.0 Å². The Morgan fingerprint density at radius 3 is 2.95 bits per heavy atom.